The molecule has 0 aliphatic carbocycles. The van der Waals surface area contributed by atoms with E-state index in [2.05, 4.69) is 6.07 Å². The number of rotatable bonds is 1. The Balaban J connectivity index is 2.07. The second kappa shape index (κ2) is 4.46. The van der Waals surface area contributed by atoms with E-state index in [1.54, 1.807) is 23.1 Å². The first-order valence-corrected chi connectivity index (χ1v) is 6.26. The largest absolute Gasteiger partial charge is 0.322 e. The van der Waals surface area contributed by atoms with E-state index in [4.69, 9.17) is 10.7 Å². The molecule has 2 aromatic rings. The van der Waals surface area contributed by atoms with Crippen molar-refractivity contribution in [3.63, 3.8) is 0 Å². The van der Waals surface area contributed by atoms with Gasteiger partial charge in [0.15, 0.2) is 0 Å². The first-order chi connectivity index (χ1) is 9.60. The lowest BCUT2D eigenvalue weighted by Gasteiger charge is -2.20. The summed E-state index contributed by atoms with van der Waals surface area (Å²) in [4.78, 5) is 1.81. The van der Waals surface area contributed by atoms with Crippen LogP contribution < -0.4 is 4.90 Å². The summed E-state index contributed by atoms with van der Waals surface area (Å²) in [5, 5.41) is 17.2. The number of nitrogens with one attached hydrogen (secondary N) is 1. The molecule has 0 fully saturated rings. The molecule has 0 unspecified atom stereocenters. The molecular formula is C16H12FN3. The van der Waals surface area contributed by atoms with Gasteiger partial charge in [-0.2, -0.15) is 5.26 Å². The zero-order chi connectivity index (χ0) is 14.3. The average molecular weight is 265 g/mol. The molecular weight excluding hydrogens is 253 g/mol. The molecule has 4 heteroatoms. The van der Waals surface area contributed by atoms with Gasteiger partial charge >= 0.3 is 0 Å². The fourth-order valence-corrected chi connectivity index (χ4v) is 2.48. The number of nitriles is 1. The molecule has 0 radical (unpaired) electrons. The Kier molecular flexibility index (Phi) is 2.76. The van der Waals surface area contributed by atoms with E-state index in [9.17, 15) is 4.39 Å². The summed E-state index contributed by atoms with van der Waals surface area (Å²) in [6.07, 6.45) is 0. The van der Waals surface area contributed by atoms with Gasteiger partial charge in [0, 0.05) is 11.3 Å². The minimum atomic E-state index is -0.335. The van der Waals surface area contributed by atoms with Crippen molar-refractivity contribution in [3.05, 3.63) is 64.5 Å². The van der Waals surface area contributed by atoms with E-state index in [0.717, 1.165) is 16.8 Å². The number of amidine groups is 1. The molecule has 0 saturated heterocycles. The van der Waals surface area contributed by atoms with E-state index in [1.165, 1.54) is 12.1 Å². The van der Waals surface area contributed by atoms with Crippen molar-refractivity contribution in [2.24, 2.45) is 0 Å². The molecule has 0 amide bonds. The Labute approximate surface area is 116 Å². The molecule has 3 nitrogen and oxygen atoms in total. The maximum atomic E-state index is 13.3. The van der Waals surface area contributed by atoms with Crippen LogP contribution in [-0.2, 0) is 6.54 Å². The molecule has 1 heterocycles. The fraction of sp³-hybridized carbons (Fsp3) is 0.125. The predicted molar refractivity (Wildman–Crippen MR) is 75.3 cm³/mol. The van der Waals surface area contributed by atoms with Crippen molar-refractivity contribution in [3.8, 4) is 6.07 Å². The number of halogens is 1. The van der Waals surface area contributed by atoms with Gasteiger partial charge in [-0.25, -0.2) is 4.39 Å². The Morgan fingerprint density at radius 1 is 1.25 bits per heavy atom. The van der Waals surface area contributed by atoms with Gasteiger partial charge in [0.1, 0.15) is 11.7 Å². The van der Waals surface area contributed by atoms with Crippen LogP contribution in [0, 0.1) is 29.5 Å². The lowest BCUT2D eigenvalue weighted by Crippen LogP contribution is -2.24. The summed E-state index contributed by atoms with van der Waals surface area (Å²) < 4.78 is 13.3. The predicted octanol–water partition coefficient (Wildman–Crippen LogP) is 3.35. The standard InChI is InChI=1S/C16H12FN3/c1-10-2-3-11(8-18)6-15(10)20-9-12-4-5-13(17)7-14(12)16(20)19/h2-7,19H,9H2,1H3. The summed E-state index contributed by atoms with van der Waals surface area (Å²) in [5.74, 6) is -0.0597. The zero-order valence-corrected chi connectivity index (χ0v) is 10.9. The minimum Gasteiger partial charge on any atom is -0.322 e. The van der Waals surface area contributed by atoms with Gasteiger partial charge in [-0.05, 0) is 42.3 Å². The van der Waals surface area contributed by atoms with Crippen LogP contribution in [-0.4, -0.2) is 5.84 Å². The molecule has 0 spiro atoms. The SMILES string of the molecule is Cc1ccc(C#N)cc1N1Cc2ccc(F)cc2C1=N. The highest BCUT2D eigenvalue weighted by Crippen LogP contribution is 2.31. The Bertz CT molecular complexity index is 759. The van der Waals surface area contributed by atoms with E-state index in [0.29, 0.717) is 17.7 Å². The summed E-state index contributed by atoms with van der Waals surface area (Å²) >= 11 is 0. The van der Waals surface area contributed by atoms with E-state index in [1.807, 2.05) is 13.0 Å². The third-order valence-corrected chi connectivity index (χ3v) is 3.55. The van der Waals surface area contributed by atoms with Gasteiger partial charge in [0.05, 0.1) is 18.2 Å². The zero-order valence-electron chi connectivity index (χ0n) is 10.9. The number of anilines is 1. The van der Waals surface area contributed by atoms with Crippen LogP contribution in [0.25, 0.3) is 0 Å². The molecule has 0 bridgehead atoms. The topological polar surface area (TPSA) is 50.9 Å². The van der Waals surface area contributed by atoms with Crippen molar-refractivity contribution in [1.29, 1.82) is 10.7 Å². The maximum Gasteiger partial charge on any atom is 0.133 e. The minimum absolute atomic E-state index is 0.276. The van der Waals surface area contributed by atoms with Crippen molar-refractivity contribution < 1.29 is 4.39 Å². The molecule has 2 aromatic carbocycles. The van der Waals surface area contributed by atoms with Crippen LogP contribution in [0.3, 0.4) is 0 Å². The highest BCUT2D eigenvalue weighted by molar-refractivity contribution is 6.12. The van der Waals surface area contributed by atoms with Crippen molar-refractivity contribution >= 4 is 11.5 Å². The van der Waals surface area contributed by atoms with Gasteiger partial charge in [0.2, 0.25) is 0 Å². The van der Waals surface area contributed by atoms with Crippen molar-refractivity contribution in [2.45, 2.75) is 13.5 Å². The van der Waals surface area contributed by atoms with E-state index in [-0.39, 0.29) is 11.7 Å². The number of aryl methyl sites for hydroxylation is 1. The number of fused-ring (bicyclic) bond motifs is 1. The van der Waals surface area contributed by atoms with E-state index < -0.39 is 0 Å². The quantitative estimate of drug-likeness (QED) is 0.859. The molecule has 3 rings (SSSR count). The first kappa shape index (κ1) is 12.4. The number of hydrogen-bond acceptors (Lipinski definition) is 2. The van der Waals surface area contributed by atoms with Crippen LogP contribution >= 0.6 is 0 Å². The van der Waals surface area contributed by atoms with Gasteiger partial charge in [-0.3, -0.25) is 5.41 Å². The number of hydrogen-bond donors (Lipinski definition) is 1. The highest BCUT2D eigenvalue weighted by atomic mass is 19.1. The van der Waals surface area contributed by atoms with Crippen LogP contribution in [0.5, 0.6) is 0 Å². The summed E-state index contributed by atoms with van der Waals surface area (Å²) in [6, 6.07) is 12.0. The smallest absolute Gasteiger partial charge is 0.133 e. The van der Waals surface area contributed by atoms with Crippen LogP contribution in [0.1, 0.15) is 22.3 Å². The third kappa shape index (κ3) is 1.84. The Hall–Kier alpha value is -2.67. The maximum absolute atomic E-state index is 13.3. The average Bonchev–Trinajstić information content (AvgIpc) is 2.77. The number of nitrogens with zero attached hydrogens (tertiary/aromatic N) is 2. The Morgan fingerprint density at radius 2 is 2.05 bits per heavy atom. The molecule has 1 aliphatic heterocycles. The normalized spacial score (nSPS) is 13.2. The van der Waals surface area contributed by atoms with Gasteiger partial charge in [-0.1, -0.05) is 12.1 Å². The van der Waals surface area contributed by atoms with Crippen LogP contribution in [0.4, 0.5) is 10.1 Å². The monoisotopic (exact) mass is 265 g/mol. The van der Waals surface area contributed by atoms with Crippen molar-refractivity contribution in [1.82, 2.24) is 0 Å². The van der Waals surface area contributed by atoms with E-state index >= 15 is 0 Å². The lowest BCUT2D eigenvalue weighted by atomic mass is 10.1. The fourth-order valence-electron chi connectivity index (χ4n) is 2.48. The molecule has 0 saturated carbocycles. The van der Waals surface area contributed by atoms with Gasteiger partial charge in [0.25, 0.3) is 0 Å². The van der Waals surface area contributed by atoms with Gasteiger partial charge in [-0.15, -0.1) is 0 Å². The second-order valence-corrected chi connectivity index (χ2v) is 4.85. The second-order valence-electron chi connectivity index (χ2n) is 4.85. The third-order valence-electron chi connectivity index (χ3n) is 3.55. The summed E-state index contributed by atoms with van der Waals surface area (Å²) in [5.41, 5.74) is 3.91. The molecule has 0 atom stereocenters. The van der Waals surface area contributed by atoms with Crippen LogP contribution in [0.2, 0.25) is 0 Å². The first-order valence-electron chi connectivity index (χ1n) is 6.26. The molecule has 0 aromatic heterocycles. The van der Waals surface area contributed by atoms with Crippen molar-refractivity contribution in [2.75, 3.05) is 4.90 Å². The summed E-state index contributed by atoms with van der Waals surface area (Å²) in [6.45, 7) is 2.47. The van der Waals surface area contributed by atoms with Gasteiger partial charge < -0.3 is 4.90 Å². The number of benzene rings is 2. The molecule has 20 heavy (non-hydrogen) atoms. The Morgan fingerprint density at radius 3 is 2.80 bits per heavy atom. The van der Waals surface area contributed by atoms with Crippen LogP contribution in [0.15, 0.2) is 36.4 Å². The summed E-state index contributed by atoms with van der Waals surface area (Å²) in [7, 11) is 0. The molecule has 1 aliphatic rings. The highest BCUT2D eigenvalue weighted by Gasteiger charge is 2.26. The molecule has 98 valence electrons. The lowest BCUT2D eigenvalue weighted by molar-refractivity contribution is 0.627. The molecule has 1 N–H and O–H groups in total.